The van der Waals surface area contributed by atoms with E-state index in [0.29, 0.717) is 11.5 Å². The average Bonchev–Trinajstić information content (AvgIpc) is 2.99. The van der Waals surface area contributed by atoms with Crippen LogP contribution in [0.1, 0.15) is 52.7 Å². The lowest BCUT2D eigenvalue weighted by Crippen LogP contribution is -2.38. The molecule has 2 fully saturated rings. The van der Waals surface area contributed by atoms with Gasteiger partial charge in [-0.1, -0.05) is 27.7 Å². The van der Waals surface area contributed by atoms with Gasteiger partial charge in [-0.25, -0.2) is 0 Å². The third-order valence-electron chi connectivity index (χ3n) is 6.04. The van der Waals surface area contributed by atoms with Crippen LogP contribution in [0.2, 0.25) is 0 Å². The largest absolute Gasteiger partial charge is 0.446 e. The van der Waals surface area contributed by atoms with Gasteiger partial charge in [-0.05, 0) is 37.1 Å². The second-order valence-electron chi connectivity index (χ2n) is 7.10. The molecule has 3 atom stereocenters. The van der Waals surface area contributed by atoms with Crippen molar-refractivity contribution in [3.8, 4) is 6.08 Å². The van der Waals surface area contributed by atoms with Gasteiger partial charge in [0.15, 0.2) is 0 Å². The highest BCUT2D eigenvalue weighted by atomic mass is 16.6. The molecule has 2 aliphatic rings. The molecule has 0 saturated heterocycles. The van der Waals surface area contributed by atoms with Crippen molar-refractivity contribution in [2.75, 3.05) is 6.54 Å². The molecule has 4 heteroatoms. The number of fused-ring (bicyclic) bond motifs is 2. The summed E-state index contributed by atoms with van der Waals surface area (Å²) in [5.74, 6) is 0.772. The van der Waals surface area contributed by atoms with E-state index < -0.39 is 0 Å². The fourth-order valence-electron chi connectivity index (χ4n) is 4.11. The van der Waals surface area contributed by atoms with Crippen LogP contribution in [0.15, 0.2) is 10.7 Å². The minimum absolute atomic E-state index is 0.238. The highest BCUT2D eigenvalue weighted by Gasteiger charge is 2.62. The normalized spacial score (nSPS) is 34.6. The molecule has 1 aromatic rings. The van der Waals surface area contributed by atoms with Gasteiger partial charge < -0.3 is 14.5 Å². The van der Waals surface area contributed by atoms with Crippen molar-refractivity contribution in [3.05, 3.63) is 12.0 Å². The van der Waals surface area contributed by atoms with Crippen molar-refractivity contribution in [1.82, 2.24) is 10.3 Å². The molecule has 0 amide bonds. The molecule has 0 aliphatic heterocycles. The second kappa shape index (κ2) is 4.76. The standard InChI is InChI=1S/C16H26N2O2/c1-5-17-9-12-10-19-14(18-12)20-13-8-11-6-7-16(13,4)15(11,2)3/h10-11,13,17H,5-9H2,1-4H3. The number of rotatable bonds is 5. The molecule has 1 aromatic heterocycles. The van der Waals surface area contributed by atoms with Crippen LogP contribution >= 0.6 is 0 Å². The van der Waals surface area contributed by atoms with E-state index in [1.807, 2.05) is 0 Å². The molecule has 3 unspecified atom stereocenters. The van der Waals surface area contributed by atoms with Gasteiger partial charge in [0.25, 0.3) is 0 Å². The Balaban J connectivity index is 1.69. The number of oxazole rings is 1. The molecule has 0 aromatic carbocycles. The van der Waals surface area contributed by atoms with Crippen LogP contribution in [-0.2, 0) is 6.54 Å². The number of nitrogens with one attached hydrogen (secondary N) is 1. The third-order valence-corrected chi connectivity index (χ3v) is 6.04. The molecule has 0 spiro atoms. The molecule has 2 saturated carbocycles. The minimum Gasteiger partial charge on any atom is -0.446 e. The first-order valence-corrected chi connectivity index (χ1v) is 7.79. The highest BCUT2D eigenvalue weighted by Crippen LogP contribution is 2.66. The Hall–Kier alpha value is -1.03. The topological polar surface area (TPSA) is 47.3 Å². The smallest absolute Gasteiger partial charge is 0.394 e. The summed E-state index contributed by atoms with van der Waals surface area (Å²) in [4.78, 5) is 4.42. The van der Waals surface area contributed by atoms with E-state index in [1.165, 1.54) is 12.8 Å². The number of nitrogens with zero attached hydrogens (tertiary/aromatic N) is 1. The lowest BCUT2D eigenvalue weighted by molar-refractivity contribution is 0.0118. The first kappa shape index (κ1) is 13.9. The Bertz CT molecular complexity index is 483. The Morgan fingerprint density at radius 1 is 1.45 bits per heavy atom. The summed E-state index contributed by atoms with van der Waals surface area (Å²) in [5, 5.41) is 3.24. The summed E-state index contributed by atoms with van der Waals surface area (Å²) in [6.07, 6.45) is 6.09. The lowest BCUT2D eigenvalue weighted by atomic mass is 9.70. The molecule has 4 nitrogen and oxygen atoms in total. The summed E-state index contributed by atoms with van der Waals surface area (Å²) in [6.45, 7) is 10.9. The predicted molar refractivity (Wildman–Crippen MR) is 77.5 cm³/mol. The first-order valence-electron chi connectivity index (χ1n) is 7.79. The zero-order chi connectivity index (χ0) is 14.4. The van der Waals surface area contributed by atoms with Crippen molar-refractivity contribution in [1.29, 1.82) is 0 Å². The van der Waals surface area contributed by atoms with Crippen LogP contribution in [0.25, 0.3) is 0 Å². The Labute approximate surface area is 121 Å². The first-order chi connectivity index (χ1) is 9.47. The predicted octanol–water partition coefficient (Wildman–Crippen LogP) is 3.38. The fraction of sp³-hybridized carbons (Fsp3) is 0.812. The van der Waals surface area contributed by atoms with E-state index >= 15 is 0 Å². The summed E-state index contributed by atoms with van der Waals surface area (Å²) in [7, 11) is 0. The van der Waals surface area contributed by atoms with Gasteiger partial charge in [0.05, 0.1) is 5.69 Å². The van der Waals surface area contributed by atoms with E-state index in [1.54, 1.807) is 6.26 Å². The molecule has 20 heavy (non-hydrogen) atoms. The molecular formula is C16H26N2O2. The summed E-state index contributed by atoms with van der Waals surface area (Å²) in [6, 6.07) is 0. The van der Waals surface area contributed by atoms with Crippen molar-refractivity contribution in [2.45, 2.75) is 59.6 Å². The molecule has 1 N–H and O–H groups in total. The summed E-state index contributed by atoms with van der Waals surface area (Å²) < 4.78 is 11.6. The van der Waals surface area contributed by atoms with Crippen molar-refractivity contribution in [2.24, 2.45) is 16.7 Å². The molecule has 0 radical (unpaired) electrons. The lowest BCUT2D eigenvalue weighted by Gasteiger charge is -2.38. The number of hydrogen-bond acceptors (Lipinski definition) is 4. The maximum atomic E-state index is 6.10. The van der Waals surface area contributed by atoms with Crippen LogP contribution in [0.5, 0.6) is 6.08 Å². The summed E-state index contributed by atoms with van der Waals surface area (Å²) >= 11 is 0. The van der Waals surface area contributed by atoms with E-state index in [0.717, 1.165) is 31.1 Å². The fourth-order valence-corrected chi connectivity index (χ4v) is 4.11. The highest BCUT2D eigenvalue weighted by molar-refractivity contribution is 5.13. The maximum absolute atomic E-state index is 6.10. The van der Waals surface area contributed by atoms with Gasteiger partial charge in [-0.3, -0.25) is 0 Å². The van der Waals surface area contributed by atoms with E-state index in [-0.39, 0.29) is 11.5 Å². The second-order valence-corrected chi connectivity index (χ2v) is 7.10. The van der Waals surface area contributed by atoms with Gasteiger partial charge in [0, 0.05) is 12.0 Å². The van der Waals surface area contributed by atoms with Gasteiger partial charge in [-0.15, -0.1) is 0 Å². The van der Waals surface area contributed by atoms with Gasteiger partial charge >= 0.3 is 6.08 Å². The zero-order valence-corrected chi connectivity index (χ0v) is 13.0. The van der Waals surface area contributed by atoms with Crippen molar-refractivity contribution < 1.29 is 9.15 Å². The molecule has 1 heterocycles. The minimum atomic E-state index is 0.238. The van der Waals surface area contributed by atoms with Crippen LogP contribution in [0.4, 0.5) is 0 Å². The third kappa shape index (κ3) is 1.96. The molecule has 112 valence electrons. The van der Waals surface area contributed by atoms with Crippen LogP contribution < -0.4 is 10.1 Å². The molecule has 2 bridgehead atoms. The van der Waals surface area contributed by atoms with Crippen LogP contribution in [0.3, 0.4) is 0 Å². The molecule has 2 aliphatic carbocycles. The van der Waals surface area contributed by atoms with E-state index in [2.05, 4.69) is 38.0 Å². The SMILES string of the molecule is CCNCc1coc(OC2CC3CCC2(C)C3(C)C)n1. The van der Waals surface area contributed by atoms with Gasteiger partial charge in [0.1, 0.15) is 12.4 Å². The van der Waals surface area contributed by atoms with E-state index in [4.69, 9.17) is 9.15 Å². The van der Waals surface area contributed by atoms with Gasteiger partial charge in [0.2, 0.25) is 0 Å². The van der Waals surface area contributed by atoms with Crippen LogP contribution in [0, 0.1) is 16.7 Å². The van der Waals surface area contributed by atoms with Crippen molar-refractivity contribution >= 4 is 0 Å². The van der Waals surface area contributed by atoms with E-state index in [9.17, 15) is 0 Å². The quantitative estimate of drug-likeness (QED) is 0.897. The Morgan fingerprint density at radius 2 is 2.25 bits per heavy atom. The Morgan fingerprint density at radius 3 is 2.85 bits per heavy atom. The number of ether oxygens (including phenoxy) is 1. The zero-order valence-electron chi connectivity index (χ0n) is 13.0. The maximum Gasteiger partial charge on any atom is 0.394 e. The average molecular weight is 278 g/mol. The van der Waals surface area contributed by atoms with Crippen LogP contribution in [-0.4, -0.2) is 17.6 Å². The molecular weight excluding hydrogens is 252 g/mol. The summed E-state index contributed by atoms with van der Waals surface area (Å²) in [5.41, 5.74) is 1.51. The number of aromatic nitrogens is 1. The number of hydrogen-bond donors (Lipinski definition) is 1. The Kier molecular flexibility index (Phi) is 3.32. The monoisotopic (exact) mass is 278 g/mol. The van der Waals surface area contributed by atoms with Gasteiger partial charge in [-0.2, -0.15) is 4.98 Å². The molecule has 3 rings (SSSR count). The van der Waals surface area contributed by atoms with Crippen molar-refractivity contribution in [3.63, 3.8) is 0 Å².